The van der Waals surface area contributed by atoms with Crippen molar-refractivity contribution >= 4 is 28.5 Å². The van der Waals surface area contributed by atoms with E-state index in [1.54, 1.807) is 0 Å². The third-order valence-corrected chi connectivity index (χ3v) is 4.40. The standard InChI is InChI=1S/C11H8O2S2/c12-10-5-9-8(2-4-15-9)11(10,13)7-1-3-14-6-7/h1-4,6,13H,5H2. The third-order valence-electron chi connectivity index (χ3n) is 2.80. The van der Waals surface area contributed by atoms with Crippen LogP contribution in [0.2, 0.25) is 0 Å². The molecule has 4 heteroatoms. The number of Topliss-reactive ketones (excluding diaryl/α,β-unsaturated/α-hetero) is 1. The second kappa shape index (κ2) is 3.01. The molecule has 0 amide bonds. The zero-order valence-electron chi connectivity index (χ0n) is 7.77. The fourth-order valence-corrected chi connectivity index (χ4v) is 3.64. The lowest BCUT2D eigenvalue weighted by Crippen LogP contribution is -2.32. The molecule has 2 heterocycles. The highest BCUT2D eigenvalue weighted by molar-refractivity contribution is 7.10. The summed E-state index contributed by atoms with van der Waals surface area (Å²) < 4.78 is 0. The minimum Gasteiger partial charge on any atom is -0.373 e. The van der Waals surface area contributed by atoms with Crippen LogP contribution in [0.1, 0.15) is 16.0 Å². The highest BCUT2D eigenvalue weighted by Gasteiger charge is 2.47. The molecule has 0 bridgehead atoms. The van der Waals surface area contributed by atoms with Crippen molar-refractivity contribution in [2.24, 2.45) is 0 Å². The van der Waals surface area contributed by atoms with Gasteiger partial charge in [0.2, 0.25) is 0 Å². The molecule has 1 aliphatic rings. The van der Waals surface area contributed by atoms with E-state index in [1.807, 2.05) is 28.3 Å². The van der Waals surface area contributed by atoms with E-state index in [2.05, 4.69) is 0 Å². The van der Waals surface area contributed by atoms with Gasteiger partial charge in [-0.25, -0.2) is 0 Å². The zero-order chi connectivity index (χ0) is 10.5. The quantitative estimate of drug-likeness (QED) is 0.824. The van der Waals surface area contributed by atoms with E-state index in [9.17, 15) is 9.90 Å². The fourth-order valence-electron chi connectivity index (χ4n) is 2.01. The van der Waals surface area contributed by atoms with E-state index in [0.29, 0.717) is 12.0 Å². The van der Waals surface area contributed by atoms with Gasteiger partial charge in [-0.2, -0.15) is 11.3 Å². The van der Waals surface area contributed by atoms with Gasteiger partial charge in [0.05, 0.1) is 0 Å². The van der Waals surface area contributed by atoms with Crippen LogP contribution in [0.25, 0.3) is 0 Å². The third kappa shape index (κ3) is 1.10. The Morgan fingerprint density at radius 1 is 1.33 bits per heavy atom. The van der Waals surface area contributed by atoms with Crippen LogP contribution in [-0.4, -0.2) is 10.9 Å². The minimum absolute atomic E-state index is 0.109. The molecule has 0 saturated heterocycles. The Balaban J connectivity index is 2.24. The largest absolute Gasteiger partial charge is 0.373 e. The number of thiophene rings is 2. The molecule has 0 spiro atoms. The molecule has 0 saturated carbocycles. The highest BCUT2D eigenvalue weighted by atomic mass is 32.1. The van der Waals surface area contributed by atoms with Crippen molar-refractivity contribution in [1.82, 2.24) is 0 Å². The van der Waals surface area contributed by atoms with Gasteiger partial charge in [0, 0.05) is 22.4 Å². The van der Waals surface area contributed by atoms with Gasteiger partial charge < -0.3 is 5.11 Å². The van der Waals surface area contributed by atoms with Crippen LogP contribution in [0.4, 0.5) is 0 Å². The number of carbonyl (C=O) groups is 1. The molecule has 0 aromatic carbocycles. The molecule has 3 rings (SSSR count). The van der Waals surface area contributed by atoms with Crippen molar-refractivity contribution in [3.8, 4) is 0 Å². The van der Waals surface area contributed by atoms with Crippen LogP contribution in [-0.2, 0) is 16.8 Å². The van der Waals surface area contributed by atoms with Gasteiger partial charge >= 0.3 is 0 Å². The monoisotopic (exact) mass is 236 g/mol. The highest BCUT2D eigenvalue weighted by Crippen LogP contribution is 2.42. The molecule has 0 aliphatic heterocycles. The number of hydrogen-bond donors (Lipinski definition) is 1. The van der Waals surface area contributed by atoms with Crippen LogP contribution in [0.3, 0.4) is 0 Å². The van der Waals surface area contributed by atoms with E-state index < -0.39 is 5.60 Å². The van der Waals surface area contributed by atoms with E-state index in [0.717, 1.165) is 10.4 Å². The predicted molar refractivity (Wildman–Crippen MR) is 60.3 cm³/mol. The second-order valence-corrected chi connectivity index (χ2v) is 5.36. The first-order chi connectivity index (χ1) is 7.23. The van der Waals surface area contributed by atoms with Crippen LogP contribution >= 0.6 is 22.7 Å². The summed E-state index contributed by atoms with van der Waals surface area (Å²) >= 11 is 3.03. The first-order valence-electron chi connectivity index (χ1n) is 4.58. The maximum absolute atomic E-state index is 11.9. The minimum atomic E-state index is -1.38. The van der Waals surface area contributed by atoms with Gasteiger partial charge in [0.1, 0.15) is 0 Å². The molecule has 1 atom stereocenters. The maximum atomic E-state index is 11.9. The Hall–Kier alpha value is -0.970. The second-order valence-electron chi connectivity index (χ2n) is 3.58. The van der Waals surface area contributed by atoms with Crippen molar-refractivity contribution < 1.29 is 9.90 Å². The van der Waals surface area contributed by atoms with Crippen LogP contribution in [0.5, 0.6) is 0 Å². The smallest absolute Gasteiger partial charge is 0.178 e. The molecular formula is C11H8O2S2. The molecule has 2 aromatic heterocycles. The SMILES string of the molecule is O=C1Cc2sccc2C1(O)c1ccsc1. The number of aliphatic hydroxyl groups is 1. The van der Waals surface area contributed by atoms with Crippen molar-refractivity contribution in [3.63, 3.8) is 0 Å². The van der Waals surface area contributed by atoms with Crippen molar-refractivity contribution in [2.75, 3.05) is 0 Å². The molecule has 2 aromatic rings. The summed E-state index contributed by atoms with van der Waals surface area (Å²) in [4.78, 5) is 12.9. The molecule has 1 unspecified atom stereocenters. The number of ketones is 1. The van der Waals surface area contributed by atoms with Gasteiger partial charge in [-0.05, 0) is 28.3 Å². The Labute approximate surface area is 94.8 Å². The summed E-state index contributed by atoms with van der Waals surface area (Å²) in [5.74, 6) is -0.109. The fraction of sp³-hybridized carbons (Fsp3) is 0.182. The van der Waals surface area contributed by atoms with E-state index in [4.69, 9.17) is 0 Å². The maximum Gasteiger partial charge on any atom is 0.178 e. The molecule has 15 heavy (non-hydrogen) atoms. The Morgan fingerprint density at radius 3 is 2.93 bits per heavy atom. The topological polar surface area (TPSA) is 37.3 Å². The Morgan fingerprint density at radius 2 is 2.20 bits per heavy atom. The summed E-state index contributed by atoms with van der Waals surface area (Å²) in [5.41, 5.74) is 0.0977. The number of carbonyl (C=O) groups excluding carboxylic acids is 1. The summed E-state index contributed by atoms with van der Waals surface area (Å²) in [6.07, 6.45) is 0.360. The molecule has 1 N–H and O–H groups in total. The number of fused-ring (bicyclic) bond motifs is 1. The first kappa shape index (κ1) is 9.27. The van der Waals surface area contributed by atoms with Gasteiger partial charge in [-0.1, -0.05) is 0 Å². The normalized spacial score (nSPS) is 24.5. The molecule has 2 nitrogen and oxygen atoms in total. The van der Waals surface area contributed by atoms with Crippen molar-refractivity contribution in [1.29, 1.82) is 0 Å². The molecular weight excluding hydrogens is 228 g/mol. The predicted octanol–water partition coefficient (Wildman–Crippen LogP) is 2.17. The van der Waals surface area contributed by atoms with Crippen LogP contribution in [0, 0.1) is 0 Å². The Kier molecular flexibility index (Phi) is 1.86. The summed E-state index contributed by atoms with van der Waals surface area (Å²) in [6, 6.07) is 3.66. The average Bonchev–Trinajstić information content (AvgIpc) is 2.88. The van der Waals surface area contributed by atoms with E-state index in [1.165, 1.54) is 22.7 Å². The van der Waals surface area contributed by atoms with Crippen LogP contribution in [0.15, 0.2) is 28.3 Å². The lowest BCUT2D eigenvalue weighted by molar-refractivity contribution is -0.131. The number of hydrogen-bond acceptors (Lipinski definition) is 4. The number of rotatable bonds is 1. The van der Waals surface area contributed by atoms with Crippen molar-refractivity contribution in [2.45, 2.75) is 12.0 Å². The Bertz CT molecular complexity index is 512. The lowest BCUT2D eigenvalue weighted by atomic mass is 9.90. The molecule has 1 aliphatic carbocycles. The van der Waals surface area contributed by atoms with Gasteiger partial charge in [0.25, 0.3) is 0 Å². The lowest BCUT2D eigenvalue weighted by Gasteiger charge is -2.20. The van der Waals surface area contributed by atoms with Crippen LogP contribution < -0.4 is 0 Å². The first-order valence-corrected chi connectivity index (χ1v) is 6.40. The van der Waals surface area contributed by atoms with Gasteiger partial charge in [-0.3, -0.25) is 4.79 Å². The van der Waals surface area contributed by atoms with E-state index >= 15 is 0 Å². The molecule has 0 radical (unpaired) electrons. The molecule has 0 fully saturated rings. The van der Waals surface area contributed by atoms with Crippen molar-refractivity contribution in [3.05, 3.63) is 44.3 Å². The average molecular weight is 236 g/mol. The summed E-state index contributed by atoms with van der Waals surface area (Å²) in [7, 11) is 0. The zero-order valence-corrected chi connectivity index (χ0v) is 9.40. The summed E-state index contributed by atoms with van der Waals surface area (Å²) in [5, 5.41) is 16.2. The van der Waals surface area contributed by atoms with E-state index in [-0.39, 0.29) is 5.78 Å². The van der Waals surface area contributed by atoms with Gasteiger partial charge in [-0.15, -0.1) is 11.3 Å². The summed E-state index contributed by atoms with van der Waals surface area (Å²) in [6.45, 7) is 0. The molecule has 76 valence electrons. The van der Waals surface area contributed by atoms with Gasteiger partial charge in [0.15, 0.2) is 11.4 Å².